The molecule has 1 amide bonds. The van der Waals surface area contributed by atoms with Gasteiger partial charge in [0.15, 0.2) is 5.16 Å². The summed E-state index contributed by atoms with van der Waals surface area (Å²) in [6.07, 6.45) is 3.87. The molecule has 0 radical (unpaired) electrons. The van der Waals surface area contributed by atoms with E-state index in [0.717, 1.165) is 24.4 Å². The van der Waals surface area contributed by atoms with Crippen molar-refractivity contribution in [2.24, 2.45) is 0 Å². The second-order valence-corrected chi connectivity index (χ2v) is 7.38. The van der Waals surface area contributed by atoms with Gasteiger partial charge in [-0.25, -0.2) is 4.39 Å². The molecular weight excluding hydrogens is 367 g/mol. The minimum absolute atomic E-state index is 0.165. The molecular formula is C19H19FN4O2S. The number of thioether (sulfide) groups is 1. The molecule has 8 heteroatoms. The third-order valence-corrected chi connectivity index (χ3v) is 5.31. The van der Waals surface area contributed by atoms with Crippen LogP contribution in [0.3, 0.4) is 0 Å². The summed E-state index contributed by atoms with van der Waals surface area (Å²) >= 11 is 1.32. The van der Waals surface area contributed by atoms with Gasteiger partial charge in [0.1, 0.15) is 17.4 Å². The molecule has 2 heterocycles. The molecule has 2 aromatic heterocycles. The maximum absolute atomic E-state index is 13.6. The Morgan fingerprint density at radius 2 is 2.11 bits per heavy atom. The molecule has 4 rings (SSSR count). The van der Waals surface area contributed by atoms with E-state index < -0.39 is 0 Å². The first kappa shape index (κ1) is 17.8. The van der Waals surface area contributed by atoms with Crippen LogP contribution in [0.4, 0.5) is 4.39 Å². The van der Waals surface area contributed by atoms with Crippen molar-refractivity contribution in [1.29, 1.82) is 0 Å². The van der Waals surface area contributed by atoms with Crippen LogP contribution in [-0.4, -0.2) is 26.4 Å². The number of aromatic nitrogens is 3. The number of carbonyl (C=O) groups is 1. The van der Waals surface area contributed by atoms with Crippen molar-refractivity contribution in [2.75, 3.05) is 5.75 Å². The molecule has 0 atom stereocenters. The second kappa shape index (κ2) is 7.96. The van der Waals surface area contributed by atoms with Crippen molar-refractivity contribution in [2.45, 2.75) is 37.0 Å². The highest BCUT2D eigenvalue weighted by atomic mass is 32.2. The van der Waals surface area contributed by atoms with Crippen LogP contribution in [0, 0.1) is 5.82 Å². The molecule has 140 valence electrons. The fraction of sp³-hybridized carbons (Fsp3) is 0.316. The summed E-state index contributed by atoms with van der Waals surface area (Å²) in [4.78, 5) is 12.2. The Kier molecular flexibility index (Phi) is 5.24. The molecule has 0 aliphatic heterocycles. The predicted molar refractivity (Wildman–Crippen MR) is 98.8 cm³/mol. The fourth-order valence-corrected chi connectivity index (χ4v) is 3.55. The highest BCUT2D eigenvalue weighted by Crippen LogP contribution is 2.40. The van der Waals surface area contributed by atoms with Gasteiger partial charge in [-0.2, -0.15) is 0 Å². The number of halogens is 1. The molecule has 1 aliphatic carbocycles. The largest absolute Gasteiger partial charge is 0.467 e. The topological polar surface area (TPSA) is 73.0 Å². The summed E-state index contributed by atoms with van der Waals surface area (Å²) in [7, 11) is 0. The molecule has 6 nitrogen and oxygen atoms in total. The molecule has 0 spiro atoms. The molecule has 3 aromatic rings. The smallest absolute Gasteiger partial charge is 0.230 e. The SMILES string of the molecule is O=C(CSc1nnc(C2CC2)n1Cc1ccco1)NCc1ccccc1F. The number of hydrogen-bond acceptors (Lipinski definition) is 5. The van der Waals surface area contributed by atoms with Crippen molar-refractivity contribution in [3.63, 3.8) is 0 Å². The highest BCUT2D eigenvalue weighted by molar-refractivity contribution is 7.99. The summed E-state index contributed by atoms with van der Waals surface area (Å²) in [6.45, 7) is 0.712. The van der Waals surface area contributed by atoms with Crippen LogP contribution in [0.1, 0.15) is 35.9 Å². The normalized spacial score (nSPS) is 13.7. The van der Waals surface area contributed by atoms with Crippen molar-refractivity contribution >= 4 is 17.7 Å². The Morgan fingerprint density at radius 1 is 1.26 bits per heavy atom. The first-order valence-corrected chi connectivity index (χ1v) is 9.77. The lowest BCUT2D eigenvalue weighted by Crippen LogP contribution is -2.25. The highest BCUT2D eigenvalue weighted by Gasteiger charge is 2.30. The molecule has 1 fully saturated rings. The fourth-order valence-electron chi connectivity index (χ4n) is 2.77. The van der Waals surface area contributed by atoms with E-state index in [2.05, 4.69) is 15.5 Å². The number of carbonyl (C=O) groups excluding carboxylic acids is 1. The third-order valence-electron chi connectivity index (χ3n) is 4.35. The molecule has 0 saturated heterocycles. The van der Waals surface area contributed by atoms with Gasteiger partial charge >= 0.3 is 0 Å². The van der Waals surface area contributed by atoms with Crippen LogP contribution in [0.25, 0.3) is 0 Å². The van der Waals surface area contributed by atoms with Gasteiger partial charge in [-0.15, -0.1) is 10.2 Å². The summed E-state index contributed by atoms with van der Waals surface area (Å²) in [5.41, 5.74) is 0.466. The number of furan rings is 1. The zero-order valence-electron chi connectivity index (χ0n) is 14.6. The predicted octanol–water partition coefficient (Wildman–Crippen LogP) is 3.34. The Morgan fingerprint density at radius 3 is 2.85 bits per heavy atom. The van der Waals surface area contributed by atoms with Crippen molar-refractivity contribution in [3.05, 3.63) is 65.6 Å². The minimum atomic E-state index is -0.322. The quantitative estimate of drug-likeness (QED) is 0.601. The van der Waals surface area contributed by atoms with Gasteiger partial charge in [-0.3, -0.25) is 9.36 Å². The second-order valence-electron chi connectivity index (χ2n) is 6.44. The lowest BCUT2D eigenvalue weighted by Gasteiger charge is -2.09. The molecule has 0 bridgehead atoms. The number of rotatable bonds is 8. The van der Waals surface area contributed by atoms with Gasteiger partial charge in [0.2, 0.25) is 5.91 Å². The van der Waals surface area contributed by atoms with Crippen LogP contribution >= 0.6 is 11.8 Å². The van der Waals surface area contributed by atoms with Crippen LogP contribution in [0.5, 0.6) is 0 Å². The number of nitrogens with one attached hydrogen (secondary N) is 1. The number of nitrogens with zero attached hydrogens (tertiary/aromatic N) is 3. The summed E-state index contributed by atoms with van der Waals surface area (Å²) in [5.74, 6) is 1.90. The Labute approximate surface area is 160 Å². The molecule has 0 unspecified atom stereocenters. The Balaban J connectivity index is 1.37. The van der Waals surface area contributed by atoms with Crippen LogP contribution in [0.2, 0.25) is 0 Å². The van der Waals surface area contributed by atoms with E-state index in [4.69, 9.17) is 4.42 Å². The number of benzene rings is 1. The molecule has 1 N–H and O–H groups in total. The zero-order chi connectivity index (χ0) is 18.6. The van der Waals surface area contributed by atoms with Crippen molar-refractivity contribution in [1.82, 2.24) is 20.1 Å². The van der Waals surface area contributed by atoms with Gasteiger partial charge in [0.25, 0.3) is 0 Å². The lowest BCUT2D eigenvalue weighted by molar-refractivity contribution is -0.118. The van der Waals surface area contributed by atoms with Gasteiger partial charge in [-0.05, 0) is 31.0 Å². The first-order chi connectivity index (χ1) is 13.2. The number of amides is 1. The monoisotopic (exact) mass is 386 g/mol. The first-order valence-electron chi connectivity index (χ1n) is 8.79. The summed E-state index contributed by atoms with van der Waals surface area (Å²) < 4.78 is 21.1. The van der Waals surface area contributed by atoms with Crippen LogP contribution in [0.15, 0.2) is 52.2 Å². The molecule has 1 aromatic carbocycles. The van der Waals surface area contributed by atoms with Gasteiger partial charge in [-0.1, -0.05) is 30.0 Å². The molecule has 27 heavy (non-hydrogen) atoms. The molecule has 1 aliphatic rings. The van der Waals surface area contributed by atoms with Gasteiger partial charge in [0, 0.05) is 18.0 Å². The van der Waals surface area contributed by atoms with E-state index in [1.807, 2.05) is 16.7 Å². The number of hydrogen-bond donors (Lipinski definition) is 1. The zero-order valence-corrected chi connectivity index (χ0v) is 15.4. The Hall–Kier alpha value is -2.61. The van der Waals surface area contributed by atoms with Crippen molar-refractivity contribution in [3.8, 4) is 0 Å². The van der Waals surface area contributed by atoms with E-state index >= 15 is 0 Å². The average molecular weight is 386 g/mol. The van der Waals surface area contributed by atoms with Gasteiger partial charge in [0.05, 0.1) is 18.6 Å². The van der Waals surface area contributed by atoms with E-state index in [1.165, 1.54) is 17.8 Å². The minimum Gasteiger partial charge on any atom is -0.467 e. The van der Waals surface area contributed by atoms with Gasteiger partial charge < -0.3 is 9.73 Å². The van der Waals surface area contributed by atoms with E-state index in [0.29, 0.717) is 23.2 Å². The lowest BCUT2D eigenvalue weighted by atomic mass is 10.2. The average Bonchev–Trinajstić information content (AvgIpc) is 3.23. The maximum atomic E-state index is 13.6. The van der Waals surface area contributed by atoms with Crippen molar-refractivity contribution < 1.29 is 13.6 Å². The summed E-state index contributed by atoms with van der Waals surface area (Å²) in [5, 5.41) is 12.0. The van der Waals surface area contributed by atoms with E-state index in [9.17, 15) is 9.18 Å². The standard InChI is InChI=1S/C19H19FN4O2S/c20-16-6-2-1-4-14(16)10-21-17(25)12-27-19-23-22-18(13-7-8-13)24(19)11-15-5-3-9-26-15/h1-6,9,13H,7-8,10-12H2,(H,21,25). The van der Waals surface area contributed by atoms with Crippen LogP contribution < -0.4 is 5.32 Å². The van der Waals surface area contributed by atoms with E-state index in [-0.39, 0.29) is 24.0 Å². The van der Waals surface area contributed by atoms with Crippen LogP contribution in [-0.2, 0) is 17.9 Å². The van der Waals surface area contributed by atoms with E-state index in [1.54, 1.807) is 24.5 Å². The summed E-state index contributed by atoms with van der Waals surface area (Å²) in [6, 6.07) is 10.2. The Bertz CT molecular complexity index is 922. The molecule has 1 saturated carbocycles. The maximum Gasteiger partial charge on any atom is 0.230 e. The third kappa shape index (κ3) is 4.39.